The summed E-state index contributed by atoms with van der Waals surface area (Å²) in [5, 5.41) is 2.98. The van der Waals surface area contributed by atoms with Gasteiger partial charge in [0.2, 0.25) is 0 Å². The Morgan fingerprint density at radius 1 is 1.00 bits per heavy atom. The van der Waals surface area contributed by atoms with E-state index >= 15 is 0 Å². The van der Waals surface area contributed by atoms with Crippen molar-refractivity contribution >= 4 is 11.7 Å². The minimum Gasteiger partial charge on any atom is -0.464 e. The highest BCUT2D eigenvalue weighted by atomic mass is 19.1. The van der Waals surface area contributed by atoms with Crippen molar-refractivity contribution in [1.29, 1.82) is 0 Å². The Bertz CT molecular complexity index is 932. The molecule has 4 nitrogen and oxygen atoms in total. The second-order valence-corrected chi connectivity index (χ2v) is 6.67. The van der Waals surface area contributed by atoms with Crippen LogP contribution >= 0.6 is 0 Å². The fourth-order valence-corrected chi connectivity index (χ4v) is 2.85. The second-order valence-electron chi connectivity index (χ2n) is 6.67. The summed E-state index contributed by atoms with van der Waals surface area (Å²) in [4.78, 5) is 14.6. The third-order valence-corrected chi connectivity index (χ3v) is 4.56. The number of carbonyl (C=O) groups is 1. The van der Waals surface area contributed by atoms with Gasteiger partial charge in [-0.2, -0.15) is 0 Å². The molecule has 0 spiro atoms. The first-order chi connectivity index (χ1) is 12.9. The van der Waals surface area contributed by atoms with Crippen molar-refractivity contribution in [2.75, 3.05) is 5.32 Å². The molecule has 3 aromatic rings. The van der Waals surface area contributed by atoms with Gasteiger partial charge < -0.3 is 14.6 Å². The number of carbonyl (C=O) groups excluding carboxylic acids is 1. The summed E-state index contributed by atoms with van der Waals surface area (Å²) in [7, 11) is 0. The molecule has 0 saturated carbocycles. The van der Waals surface area contributed by atoms with E-state index in [2.05, 4.69) is 5.32 Å². The molecule has 0 saturated heterocycles. The molecular formula is C22H23FN2O2. The van der Waals surface area contributed by atoms with Gasteiger partial charge in [-0.1, -0.05) is 24.3 Å². The summed E-state index contributed by atoms with van der Waals surface area (Å²) in [5.74, 6) is 1.19. The number of rotatable bonds is 5. The van der Waals surface area contributed by atoms with Gasteiger partial charge in [-0.25, -0.2) is 9.18 Å². The van der Waals surface area contributed by atoms with Crippen LogP contribution in [0, 0.1) is 26.6 Å². The highest BCUT2D eigenvalue weighted by molar-refractivity contribution is 5.90. The number of furan rings is 1. The molecule has 3 rings (SSSR count). The van der Waals surface area contributed by atoms with E-state index in [1.165, 1.54) is 12.1 Å². The first kappa shape index (κ1) is 18.7. The van der Waals surface area contributed by atoms with Gasteiger partial charge >= 0.3 is 6.03 Å². The number of nitrogens with zero attached hydrogens (tertiary/aromatic N) is 1. The smallest absolute Gasteiger partial charge is 0.322 e. The van der Waals surface area contributed by atoms with Crippen LogP contribution in [0.1, 0.15) is 28.2 Å². The number of nitrogens with one attached hydrogen (secondary N) is 1. The van der Waals surface area contributed by atoms with Crippen molar-refractivity contribution in [3.63, 3.8) is 0 Å². The fraction of sp³-hybridized carbons (Fsp3) is 0.227. The van der Waals surface area contributed by atoms with Crippen molar-refractivity contribution in [1.82, 2.24) is 4.90 Å². The van der Waals surface area contributed by atoms with Crippen LogP contribution in [0.5, 0.6) is 0 Å². The number of anilines is 1. The van der Waals surface area contributed by atoms with E-state index in [0.29, 0.717) is 18.8 Å². The van der Waals surface area contributed by atoms with Crippen LogP contribution in [0.4, 0.5) is 14.9 Å². The Morgan fingerprint density at radius 3 is 2.41 bits per heavy atom. The predicted octanol–water partition coefficient (Wildman–Crippen LogP) is 5.58. The summed E-state index contributed by atoms with van der Waals surface area (Å²) >= 11 is 0. The molecule has 140 valence electrons. The third kappa shape index (κ3) is 4.76. The maximum Gasteiger partial charge on any atom is 0.322 e. The zero-order chi connectivity index (χ0) is 19.4. The van der Waals surface area contributed by atoms with E-state index in [-0.39, 0.29) is 11.8 Å². The van der Waals surface area contributed by atoms with E-state index in [4.69, 9.17) is 4.42 Å². The molecule has 1 heterocycles. The second kappa shape index (κ2) is 8.08. The minimum atomic E-state index is -0.299. The molecule has 0 fully saturated rings. The topological polar surface area (TPSA) is 45.5 Å². The quantitative estimate of drug-likeness (QED) is 0.641. The number of hydrogen-bond acceptors (Lipinski definition) is 2. The Labute approximate surface area is 158 Å². The lowest BCUT2D eigenvalue weighted by Crippen LogP contribution is -2.34. The van der Waals surface area contributed by atoms with Gasteiger partial charge in [0.1, 0.15) is 17.3 Å². The maximum absolute atomic E-state index is 13.2. The van der Waals surface area contributed by atoms with E-state index in [9.17, 15) is 9.18 Å². The van der Waals surface area contributed by atoms with E-state index in [1.807, 2.05) is 51.1 Å². The predicted molar refractivity (Wildman–Crippen MR) is 104 cm³/mol. The molecule has 2 amide bonds. The van der Waals surface area contributed by atoms with Crippen molar-refractivity contribution < 1.29 is 13.6 Å². The monoisotopic (exact) mass is 366 g/mol. The zero-order valence-corrected chi connectivity index (χ0v) is 15.8. The number of benzene rings is 2. The molecule has 0 bridgehead atoms. The lowest BCUT2D eigenvalue weighted by atomic mass is 10.1. The highest BCUT2D eigenvalue weighted by Crippen LogP contribution is 2.20. The molecule has 5 heteroatoms. The average molecular weight is 366 g/mol. The van der Waals surface area contributed by atoms with Crippen LogP contribution in [0.15, 0.2) is 59.0 Å². The van der Waals surface area contributed by atoms with Crippen LogP contribution in [0.3, 0.4) is 0 Å². The molecule has 27 heavy (non-hydrogen) atoms. The zero-order valence-electron chi connectivity index (χ0n) is 15.8. The molecular weight excluding hydrogens is 343 g/mol. The third-order valence-electron chi connectivity index (χ3n) is 4.56. The van der Waals surface area contributed by atoms with Gasteiger partial charge in [0.15, 0.2) is 0 Å². The van der Waals surface area contributed by atoms with Crippen molar-refractivity contribution in [2.45, 2.75) is 33.9 Å². The van der Waals surface area contributed by atoms with Crippen molar-refractivity contribution in [3.8, 4) is 0 Å². The molecule has 0 radical (unpaired) electrons. The SMILES string of the molecule is Cc1ccc(CN(Cc2ccc(F)cc2)C(=O)Nc2cccc(C)c2C)o1. The molecule has 0 aliphatic rings. The van der Waals surface area contributed by atoms with Gasteiger partial charge in [0, 0.05) is 12.2 Å². The largest absolute Gasteiger partial charge is 0.464 e. The van der Waals surface area contributed by atoms with Crippen molar-refractivity contribution in [2.24, 2.45) is 0 Å². The van der Waals surface area contributed by atoms with Gasteiger partial charge in [-0.15, -0.1) is 0 Å². The molecule has 0 unspecified atom stereocenters. The molecule has 0 aliphatic carbocycles. The first-order valence-corrected chi connectivity index (χ1v) is 8.84. The molecule has 2 aromatic carbocycles. The Balaban J connectivity index is 1.82. The molecule has 0 aliphatic heterocycles. The molecule has 1 aromatic heterocycles. The summed E-state index contributed by atoms with van der Waals surface area (Å²) in [6, 6.07) is 15.5. The first-order valence-electron chi connectivity index (χ1n) is 8.84. The van der Waals surface area contributed by atoms with E-state index < -0.39 is 0 Å². The summed E-state index contributed by atoms with van der Waals surface area (Å²) in [6.45, 7) is 6.51. The number of halogens is 1. The summed E-state index contributed by atoms with van der Waals surface area (Å²) < 4.78 is 18.8. The minimum absolute atomic E-state index is 0.234. The van der Waals surface area contributed by atoms with E-state index in [1.54, 1.807) is 17.0 Å². The Kier molecular flexibility index (Phi) is 5.60. The Hall–Kier alpha value is -3.08. The van der Waals surface area contributed by atoms with Gasteiger partial charge in [0.25, 0.3) is 0 Å². The normalized spacial score (nSPS) is 10.7. The van der Waals surface area contributed by atoms with Crippen LogP contribution in [0.25, 0.3) is 0 Å². The lowest BCUT2D eigenvalue weighted by Gasteiger charge is -2.23. The van der Waals surface area contributed by atoms with Crippen LogP contribution in [-0.2, 0) is 13.1 Å². The number of amides is 2. The summed E-state index contributed by atoms with van der Waals surface area (Å²) in [5.41, 5.74) is 3.76. The highest BCUT2D eigenvalue weighted by Gasteiger charge is 2.17. The average Bonchev–Trinajstić information content (AvgIpc) is 3.05. The van der Waals surface area contributed by atoms with Gasteiger partial charge in [-0.3, -0.25) is 0 Å². The van der Waals surface area contributed by atoms with E-state index in [0.717, 1.165) is 28.1 Å². The van der Waals surface area contributed by atoms with Crippen molar-refractivity contribution in [3.05, 3.63) is 88.6 Å². The number of urea groups is 1. The number of hydrogen-bond donors (Lipinski definition) is 1. The molecule has 1 N–H and O–H groups in total. The Morgan fingerprint density at radius 2 is 1.74 bits per heavy atom. The fourth-order valence-electron chi connectivity index (χ4n) is 2.85. The van der Waals surface area contributed by atoms with Crippen LogP contribution < -0.4 is 5.32 Å². The number of aryl methyl sites for hydroxylation is 2. The van der Waals surface area contributed by atoms with Gasteiger partial charge in [-0.05, 0) is 67.8 Å². The molecule has 0 atom stereocenters. The maximum atomic E-state index is 13.2. The standard InChI is InChI=1S/C22H23FN2O2/c1-15-5-4-6-21(17(15)3)24-22(26)25(14-20-12-7-16(2)27-20)13-18-8-10-19(23)11-9-18/h4-12H,13-14H2,1-3H3,(H,24,26). The van der Waals surface area contributed by atoms with Crippen LogP contribution in [0.2, 0.25) is 0 Å². The van der Waals surface area contributed by atoms with Crippen LogP contribution in [-0.4, -0.2) is 10.9 Å². The lowest BCUT2D eigenvalue weighted by molar-refractivity contribution is 0.201. The van der Waals surface area contributed by atoms with Gasteiger partial charge in [0.05, 0.1) is 6.54 Å². The summed E-state index contributed by atoms with van der Waals surface area (Å²) in [6.07, 6.45) is 0.